The summed E-state index contributed by atoms with van der Waals surface area (Å²) in [5.41, 5.74) is 0.533. The Hall–Kier alpha value is -0.980. The number of carbonyl (C=O) groups is 1. The molecule has 1 unspecified atom stereocenters. The number of nitrogens with zero attached hydrogens (tertiary/aromatic N) is 1. The van der Waals surface area contributed by atoms with Crippen LogP contribution in [0.15, 0.2) is 22.7 Å². The van der Waals surface area contributed by atoms with E-state index in [1.807, 2.05) is 0 Å². The van der Waals surface area contributed by atoms with E-state index in [-0.39, 0.29) is 4.47 Å². The summed E-state index contributed by atoms with van der Waals surface area (Å²) in [5, 5.41) is 12.3. The van der Waals surface area contributed by atoms with Gasteiger partial charge in [-0.3, -0.25) is 10.1 Å². The molecule has 0 amide bonds. The van der Waals surface area contributed by atoms with Crippen molar-refractivity contribution in [2.24, 2.45) is 0 Å². The summed E-state index contributed by atoms with van der Waals surface area (Å²) in [5.74, 6) is -1.37. The van der Waals surface area contributed by atoms with Crippen molar-refractivity contribution in [1.29, 1.82) is 0 Å². The van der Waals surface area contributed by atoms with Crippen LogP contribution in [0.1, 0.15) is 25.5 Å². The van der Waals surface area contributed by atoms with E-state index < -0.39 is 17.8 Å². The Morgan fingerprint density at radius 2 is 2.10 bits per heavy atom. The second-order valence-corrected chi connectivity index (χ2v) is 5.28. The monoisotopic (exact) mass is 346 g/mol. The number of hydrogen-bond donors (Lipinski definition) is 2. The third-order valence-electron chi connectivity index (χ3n) is 3.19. The van der Waals surface area contributed by atoms with Crippen molar-refractivity contribution in [1.82, 2.24) is 10.2 Å². The topological polar surface area (TPSA) is 52.6 Å². The summed E-state index contributed by atoms with van der Waals surface area (Å²) in [4.78, 5) is 13.5. The molecule has 0 radical (unpaired) electrons. The van der Waals surface area contributed by atoms with Crippen LogP contribution in [-0.2, 0) is 4.79 Å². The van der Waals surface area contributed by atoms with Gasteiger partial charge in [0.2, 0.25) is 0 Å². The van der Waals surface area contributed by atoms with E-state index in [0.717, 1.165) is 19.6 Å². The largest absolute Gasteiger partial charge is 0.480 e. The van der Waals surface area contributed by atoms with Crippen LogP contribution < -0.4 is 5.32 Å². The normalized spacial score (nSPS) is 12.7. The molecule has 1 rings (SSSR count). The van der Waals surface area contributed by atoms with E-state index in [1.54, 1.807) is 0 Å². The average Bonchev–Trinajstić information content (AvgIpc) is 2.42. The molecule has 0 saturated heterocycles. The third-order valence-corrected chi connectivity index (χ3v) is 3.80. The Kier molecular flexibility index (Phi) is 7.12. The number of carboxylic acids is 1. The van der Waals surface area contributed by atoms with Gasteiger partial charge in [-0.2, -0.15) is 0 Å². The molecule has 112 valence electrons. The summed E-state index contributed by atoms with van der Waals surface area (Å²) in [7, 11) is 0. The van der Waals surface area contributed by atoms with Crippen LogP contribution in [0.3, 0.4) is 0 Å². The third kappa shape index (κ3) is 4.85. The molecule has 2 N–H and O–H groups in total. The second kappa shape index (κ2) is 8.34. The number of hydrogen-bond acceptors (Lipinski definition) is 3. The van der Waals surface area contributed by atoms with Gasteiger partial charge in [-0.05, 0) is 46.7 Å². The molecule has 4 nitrogen and oxygen atoms in total. The number of aliphatic carboxylic acids is 1. The van der Waals surface area contributed by atoms with Gasteiger partial charge in [0.1, 0.15) is 11.9 Å². The number of benzene rings is 1. The lowest BCUT2D eigenvalue weighted by Gasteiger charge is -2.20. The fraction of sp³-hybridized carbons (Fsp3) is 0.500. The molecule has 0 aromatic heterocycles. The lowest BCUT2D eigenvalue weighted by molar-refractivity contribution is -0.139. The minimum atomic E-state index is -0.969. The Bertz CT molecular complexity index is 453. The average molecular weight is 347 g/mol. The molecule has 0 aliphatic heterocycles. The molecule has 0 bridgehead atoms. The van der Waals surface area contributed by atoms with E-state index in [1.165, 1.54) is 18.2 Å². The molecule has 0 aliphatic carbocycles. The van der Waals surface area contributed by atoms with Crippen LogP contribution in [0.2, 0.25) is 0 Å². The maximum absolute atomic E-state index is 13.2. The van der Waals surface area contributed by atoms with Crippen LogP contribution in [0.5, 0.6) is 0 Å². The minimum absolute atomic E-state index is 0.270. The SMILES string of the molecule is CCN(CC)CCNC(C(=O)O)c1ccc(F)c(Br)c1. The Balaban J connectivity index is 2.69. The molecule has 1 aromatic rings. The highest BCUT2D eigenvalue weighted by molar-refractivity contribution is 9.10. The first-order valence-electron chi connectivity index (χ1n) is 6.63. The number of halogens is 2. The van der Waals surface area contributed by atoms with Gasteiger partial charge in [-0.15, -0.1) is 0 Å². The second-order valence-electron chi connectivity index (χ2n) is 4.43. The van der Waals surface area contributed by atoms with Gasteiger partial charge in [0.25, 0.3) is 0 Å². The van der Waals surface area contributed by atoms with Gasteiger partial charge < -0.3 is 10.0 Å². The fourth-order valence-electron chi connectivity index (χ4n) is 1.95. The lowest BCUT2D eigenvalue weighted by atomic mass is 10.1. The van der Waals surface area contributed by atoms with E-state index >= 15 is 0 Å². The van der Waals surface area contributed by atoms with Crippen molar-refractivity contribution in [2.45, 2.75) is 19.9 Å². The van der Waals surface area contributed by atoms with Gasteiger partial charge in [0.15, 0.2) is 0 Å². The molecule has 0 saturated carbocycles. The molecule has 0 aliphatic rings. The van der Waals surface area contributed by atoms with Crippen molar-refractivity contribution in [2.75, 3.05) is 26.2 Å². The van der Waals surface area contributed by atoms with Crippen LogP contribution in [-0.4, -0.2) is 42.2 Å². The quantitative estimate of drug-likeness (QED) is 0.759. The van der Waals surface area contributed by atoms with E-state index in [9.17, 15) is 14.3 Å². The number of rotatable bonds is 8. The van der Waals surface area contributed by atoms with Gasteiger partial charge in [-0.1, -0.05) is 19.9 Å². The number of likely N-dealkylation sites (N-methyl/N-ethyl adjacent to an activating group) is 1. The highest BCUT2D eigenvalue weighted by atomic mass is 79.9. The molecular formula is C14H20BrFN2O2. The van der Waals surface area contributed by atoms with Crippen LogP contribution >= 0.6 is 15.9 Å². The first-order chi connectivity index (χ1) is 9.49. The first kappa shape index (κ1) is 17.1. The highest BCUT2D eigenvalue weighted by Crippen LogP contribution is 2.21. The van der Waals surface area contributed by atoms with E-state index in [4.69, 9.17) is 0 Å². The molecule has 1 atom stereocenters. The molecule has 1 aromatic carbocycles. The maximum atomic E-state index is 13.2. The van der Waals surface area contributed by atoms with Gasteiger partial charge in [-0.25, -0.2) is 4.39 Å². The van der Waals surface area contributed by atoms with Gasteiger partial charge in [0.05, 0.1) is 4.47 Å². The maximum Gasteiger partial charge on any atom is 0.325 e. The molecule has 6 heteroatoms. The summed E-state index contributed by atoms with van der Waals surface area (Å²) < 4.78 is 13.5. The lowest BCUT2D eigenvalue weighted by Crippen LogP contribution is -2.36. The van der Waals surface area contributed by atoms with Crippen LogP contribution in [0.4, 0.5) is 4.39 Å². The summed E-state index contributed by atoms with van der Waals surface area (Å²) in [6, 6.07) is 3.42. The summed E-state index contributed by atoms with van der Waals surface area (Å²) >= 11 is 3.07. The van der Waals surface area contributed by atoms with Crippen molar-refractivity contribution in [3.05, 3.63) is 34.1 Å². The zero-order valence-electron chi connectivity index (χ0n) is 11.7. The smallest absolute Gasteiger partial charge is 0.325 e. The van der Waals surface area contributed by atoms with Crippen molar-refractivity contribution in [3.63, 3.8) is 0 Å². The molecule has 20 heavy (non-hydrogen) atoms. The van der Waals surface area contributed by atoms with E-state index in [2.05, 4.69) is 40.0 Å². The van der Waals surface area contributed by atoms with Crippen molar-refractivity contribution >= 4 is 21.9 Å². The van der Waals surface area contributed by atoms with Gasteiger partial charge in [0, 0.05) is 13.1 Å². The zero-order chi connectivity index (χ0) is 15.1. The predicted octanol–water partition coefficient (Wildman–Crippen LogP) is 2.65. The van der Waals surface area contributed by atoms with E-state index in [0.29, 0.717) is 12.1 Å². The van der Waals surface area contributed by atoms with Crippen molar-refractivity contribution < 1.29 is 14.3 Å². The molecule has 0 fully saturated rings. The Morgan fingerprint density at radius 3 is 2.60 bits per heavy atom. The Labute approximate surface area is 127 Å². The molecule has 0 heterocycles. The van der Waals surface area contributed by atoms with Crippen LogP contribution in [0, 0.1) is 5.82 Å². The molecule has 0 spiro atoms. The summed E-state index contributed by atoms with van der Waals surface area (Å²) in [6.45, 7) is 7.33. The highest BCUT2D eigenvalue weighted by Gasteiger charge is 2.20. The zero-order valence-corrected chi connectivity index (χ0v) is 13.3. The van der Waals surface area contributed by atoms with Crippen LogP contribution in [0.25, 0.3) is 0 Å². The minimum Gasteiger partial charge on any atom is -0.480 e. The van der Waals surface area contributed by atoms with Gasteiger partial charge >= 0.3 is 5.97 Å². The fourth-order valence-corrected chi connectivity index (χ4v) is 2.34. The number of nitrogens with one attached hydrogen (secondary N) is 1. The first-order valence-corrected chi connectivity index (χ1v) is 7.42. The Morgan fingerprint density at radius 1 is 1.45 bits per heavy atom. The number of carboxylic acid groups (broad SMARTS) is 1. The summed E-state index contributed by atoms with van der Waals surface area (Å²) in [6.07, 6.45) is 0. The predicted molar refractivity (Wildman–Crippen MR) is 80.3 cm³/mol. The standard InChI is InChI=1S/C14H20BrFN2O2/c1-3-18(4-2)8-7-17-13(14(19)20)10-5-6-12(16)11(15)9-10/h5-6,9,13,17H,3-4,7-8H2,1-2H3,(H,19,20). The van der Waals surface area contributed by atoms with Crippen molar-refractivity contribution in [3.8, 4) is 0 Å². The molecular weight excluding hydrogens is 327 g/mol.